The van der Waals surface area contributed by atoms with Gasteiger partial charge in [-0.1, -0.05) is 36.4 Å². The number of fused-ring (bicyclic) bond motifs is 1. The van der Waals surface area contributed by atoms with E-state index in [1.165, 1.54) is 5.56 Å². The van der Waals surface area contributed by atoms with Crippen LogP contribution in [0, 0.1) is 5.92 Å². The average Bonchev–Trinajstić information content (AvgIpc) is 3.56. The highest BCUT2D eigenvalue weighted by molar-refractivity contribution is 6.00. The maximum atomic E-state index is 13.6. The molecular weight excluding hydrogens is 508 g/mol. The van der Waals surface area contributed by atoms with E-state index < -0.39 is 12.3 Å². The van der Waals surface area contributed by atoms with E-state index in [2.05, 4.69) is 39.4 Å². The highest BCUT2D eigenvalue weighted by Gasteiger charge is 2.40. The number of nitrogens with one attached hydrogen (secondary N) is 1. The highest BCUT2D eigenvalue weighted by atomic mass is 16.5. The maximum Gasteiger partial charge on any atom is 0.244 e. The highest BCUT2D eigenvalue weighted by Crippen LogP contribution is 2.37. The fourth-order valence-corrected chi connectivity index (χ4v) is 6.71. The zero-order valence-corrected chi connectivity index (χ0v) is 22.8. The molecule has 2 unspecified atom stereocenters. The lowest BCUT2D eigenvalue weighted by Gasteiger charge is -2.37. The van der Waals surface area contributed by atoms with Crippen LogP contribution in [0.4, 0.5) is 0 Å². The molecule has 0 radical (unpaired) electrons. The second kappa shape index (κ2) is 11.7. The average molecular weight is 547 g/mol. The number of carbonyl (C=O) groups is 3. The molecule has 0 aliphatic carbocycles. The number of hydrogen-bond acceptors (Lipinski definition) is 7. The monoisotopic (exact) mass is 546 g/mol. The minimum atomic E-state index is -0.896. The van der Waals surface area contributed by atoms with E-state index in [0.29, 0.717) is 25.3 Å². The van der Waals surface area contributed by atoms with Crippen LogP contribution < -0.4 is 10.1 Å². The largest absolute Gasteiger partial charge is 0.491 e. The second-order valence-electron chi connectivity index (χ2n) is 11.6. The Hall–Kier alpha value is -3.27. The molecule has 0 spiro atoms. The second-order valence-corrected chi connectivity index (χ2v) is 11.6. The lowest BCUT2D eigenvalue weighted by Crippen LogP contribution is -2.51. The molecule has 9 nitrogen and oxygen atoms in total. The lowest BCUT2D eigenvalue weighted by atomic mass is 9.99. The van der Waals surface area contributed by atoms with Crippen molar-refractivity contribution in [2.45, 2.75) is 69.9 Å². The Morgan fingerprint density at radius 2 is 1.88 bits per heavy atom. The predicted molar refractivity (Wildman–Crippen MR) is 148 cm³/mol. The Kier molecular flexibility index (Phi) is 7.87. The van der Waals surface area contributed by atoms with E-state index in [4.69, 9.17) is 4.74 Å². The topological polar surface area (TPSA) is 102 Å². The predicted octanol–water partition coefficient (Wildman–Crippen LogP) is 2.58. The number of carbonyl (C=O) groups excluding carboxylic acids is 3. The van der Waals surface area contributed by atoms with Crippen molar-refractivity contribution in [2.24, 2.45) is 5.92 Å². The number of nitrogens with zero attached hydrogens (tertiary/aromatic N) is 3. The van der Waals surface area contributed by atoms with Gasteiger partial charge in [0.2, 0.25) is 17.7 Å². The van der Waals surface area contributed by atoms with Gasteiger partial charge in [0.15, 0.2) is 0 Å². The molecule has 9 heteroatoms. The van der Waals surface area contributed by atoms with Gasteiger partial charge >= 0.3 is 0 Å². The molecule has 0 bridgehead atoms. The molecular formula is C31H38N4O5. The third-order valence-corrected chi connectivity index (χ3v) is 8.89. The van der Waals surface area contributed by atoms with Crippen LogP contribution in [0.2, 0.25) is 0 Å². The van der Waals surface area contributed by atoms with Crippen LogP contribution in [-0.2, 0) is 27.5 Å². The summed E-state index contributed by atoms with van der Waals surface area (Å²) in [6.45, 7) is 4.25. The van der Waals surface area contributed by atoms with Gasteiger partial charge in [-0.05, 0) is 61.9 Å². The molecule has 2 aromatic rings. The van der Waals surface area contributed by atoms with Crippen LogP contribution in [0.3, 0.4) is 0 Å². The minimum absolute atomic E-state index is 0.0315. The molecule has 3 saturated heterocycles. The summed E-state index contributed by atoms with van der Waals surface area (Å²) >= 11 is 0. The van der Waals surface area contributed by atoms with E-state index in [1.807, 2.05) is 24.3 Å². The number of ether oxygens (including phenoxy) is 1. The summed E-state index contributed by atoms with van der Waals surface area (Å²) < 4.78 is 6.24. The molecule has 2 N–H and O–H groups in total. The molecule has 2 aromatic carbocycles. The first-order valence-electron chi connectivity index (χ1n) is 14.6. The lowest BCUT2D eigenvalue weighted by molar-refractivity contribution is -0.142. The SMILES string of the molecule is O=C1CCC(N2Cc3cc(OC[C@H]4CCCCN4C(=O)[C@H]4CCN(Cc5ccccc5)C4)ccc3C2O)C(=O)N1. The Morgan fingerprint density at radius 3 is 2.70 bits per heavy atom. The number of piperidine rings is 2. The standard InChI is InChI=1S/C31H38N4O5/c36-28-12-11-27(29(37)32-28)35-19-23-16-25(9-10-26(23)31(35)39)40-20-24-8-4-5-14-34(24)30(38)22-13-15-33(18-22)17-21-6-2-1-3-7-21/h1-3,6-7,9-10,16,22,24,27,31,39H,4-5,8,11-15,17-20H2,(H,32,36,37)/t22-,24+,27?,31?/m0/s1. The normalized spacial score (nSPS) is 27.5. The first-order chi connectivity index (χ1) is 19.5. The summed E-state index contributed by atoms with van der Waals surface area (Å²) in [7, 11) is 0. The van der Waals surface area contributed by atoms with Crippen LogP contribution in [-0.4, -0.2) is 75.9 Å². The summed E-state index contributed by atoms with van der Waals surface area (Å²) in [6.07, 6.45) is 3.70. The van der Waals surface area contributed by atoms with Crippen LogP contribution in [0.15, 0.2) is 48.5 Å². The molecule has 212 valence electrons. The van der Waals surface area contributed by atoms with Crippen LogP contribution in [0.5, 0.6) is 5.75 Å². The summed E-state index contributed by atoms with van der Waals surface area (Å²) in [6, 6.07) is 15.6. The van der Waals surface area contributed by atoms with Crippen molar-refractivity contribution in [1.82, 2.24) is 20.0 Å². The summed E-state index contributed by atoms with van der Waals surface area (Å²) in [5, 5.41) is 13.3. The number of rotatable bonds is 7. The number of amides is 3. The smallest absolute Gasteiger partial charge is 0.244 e. The van der Waals surface area contributed by atoms with Gasteiger partial charge in [0.05, 0.1) is 18.0 Å². The molecule has 3 amide bonds. The summed E-state index contributed by atoms with van der Waals surface area (Å²) in [5.41, 5.74) is 2.95. The zero-order valence-electron chi connectivity index (χ0n) is 22.8. The van der Waals surface area contributed by atoms with E-state index in [0.717, 1.165) is 63.0 Å². The molecule has 40 heavy (non-hydrogen) atoms. The van der Waals surface area contributed by atoms with Crippen LogP contribution in [0.1, 0.15) is 61.4 Å². The molecule has 4 aliphatic heterocycles. The Bertz CT molecular complexity index is 1250. The van der Waals surface area contributed by atoms with Crippen LogP contribution in [0.25, 0.3) is 0 Å². The van der Waals surface area contributed by atoms with Gasteiger partial charge in [0.1, 0.15) is 18.6 Å². The van der Waals surface area contributed by atoms with Gasteiger partial charge in [-0.3, -0.25) is 29.5 Å². The van der Waals surface area contributed by atoms with Gasteiger partial charge in [0.25, 0.3) is 0 Å². The first-order valence-corrected chi connectivity index (χ1v) is 14.6. The minimum Gasteiger partial charge on any atom is -0.491 e. The summed E-state index contributed by atoms with van der Waals surface area (Å²) in [4.78, 5) is 43.7. The zero-order chi connectivity index (χ0) is 27.6. The quantitative estimate of drug-likeness (QED) is 0.515. The molecule has 4 heterocycles. The van der Waals surface area contributed by atoms with Gasteiger partial charge in [-0.2, -0.15) is 0 Å². The van der Waals surface area contributed by atoms with Gasteiger partial charge in [-0.15, -0.1) is 0 Å². The third-order valence-electron chi connectivity index (χ3n) is 8.89. The van der Waals surface area contributed by atoms with Crippen molar-refractivity contribution in [1.29, 1.82) is 0 Å². The van der Waals surface area contributed by atoms with Crippen molar-refractivity contribution in [3.8, 4) is 5.75 Å². The van der Waals surface area contributed by atoms with Crippen molar-refractivity contribution >= 4 is 17.7 Å². The summed E-state index contributed by atoms with van der Waals surface area (Å²) in [5.74, 6) is 0.358. The number of imide groups is 1. The Balaban J connectivity index is 1.05. The molecule has 0 aromatic heterocycles. The number of benzene rings is 2. The number of likely N-dealkylation sites (tertiary alicyclic amines) is 2. The van der Waals surface area contributed by atoms with Crippen LogP contribution >= 0.6 is 0 Å². The fraction of sp³-hybridized carbons (Fsp3) is 0.516. The fourth-order valence-electron chi connectivity index (χ4n) is 6.71. The molecule has 4 aliphatic rings. The molecule has 3 fully saturated rings. The van der Waals surface area contributed by atoms with Crippen molar-refractivity contribution in [3.05, 3.63) is 65.2 Å². The third kappa shape index (κ3) is 5.64. The number of aliphatic hydroxyl groups is 1. The molecule has 4 atom stereocenters. The van der Waals surface area contributed by atoms with E-state index in [9.17, 15) is 19.5 Å². The first kappa shape index (κ1) is 26.9. The molecule has 6 rings (SSSR count). The number of hydrogen-bond donors (Lipinski definition) is 2. The van der Waals surface area contributed by atoms with Crippen molar-refractivity contribution in [2.75, 3.05) is 26.2 Å². The molecule has 0 saturated carbocycles. The van der Waals surface area contributed by atoms with E-state index >= 15 is 0 Å². The van der Waals surface area contributed by atoms with Gasteiger partial charge in [0, 0.05) is 38.2 Å². The maximum absolute atomic E-state index is 13.6. The van der Waals surface area contributed by atoms with Gasteiger partial charge < -0.3 is 14.7 Å². The van der Waals surface area contributed by atoms with Gasteiger partial charge in [-0.25, -0.2) is 0 Å². The van der Waals surface area contributed by atoms with E-state index in [-0.39, 0.29) is 36.1 Å². The van der Waals surface area contributed by atoms with Crippen molar-refractivity contribution < 1.29 is 24.2 Å². The Morgan fingerprint density at radius 1 is 1.02 bits per heavy atom. The Labute approximate surface area is 235 Å². The number of aliphatic hydroxyl groups excluding tert-OH is 1. The van der Waals surface area contributed by atoms with Crippen molar-refractivity contribution in [3.63, 3.8) is 0 Å². The van der Waals surface area contributed by atoms with E-state index in [1.54, 1.807) is 4.90 Å².